The molecule has 0 aliphatic rings. The lowest BCUT2D eigenvalue weighted by Crippen LogP contribution is -2.20. The summed E-state index contributed by atoms with van der Waals surface area (Å²) in [6.07, 6.45) is 1.36. The maximum absolute atomic E-state index is 12.5. The SMILES string of the molecule is COc1nc(N[C@@H](C)c2cc3ccc(Br)c(Cl)c3[nH]c2=O)ncc1C#N. The minimum absolute atomic E-state index is 0.168. The molecule has 0 spiro atoms. The number of benzene rings is 1. The molecule has 2 N–H and O–H groups in total. The van der Waals surface area contributed by atoms with Gasteiger partial charge in [0.2, 0.25) is 11.8 Å². The highest BCUT2D eigenvalue weighted by Gasteiger charge is 2.15. The zero-order chi connectivity index (χ0) is 18.8. The van der Waals surface area contributed by atoms with E-state index >= 15 is 0 Å². The fraction of sp³-hybridized carbons (Fsp3) is 0.176. The van der Waals surface area contributed by atoms with Crippen LogP contribution in [0.3, 0.4) is 0 Å². The monoisotopic (exact) mass is 433 g/mol. The third-order valence-electron chi connectivity index (χ3n) is 3.82. The summed E-state index contributed by atoms with van der Waals surface area (Å²) in [6, 6.07) is 7.01. The Balaban J connectivity index is 1.97. The molecule has 0 amide bonds. The Labute approximate surface area is 162 Å². The second-order valence-electron chi connectivity index (χ2n) is 5.47. The predicted molar refractivity (Wildman–Crippen MR) is 103 cm³/mol. The minimum atomic E-state index is -0.386. The standard InChI is InChI=1S/C17H13BrClN5O2/c1-8(22-17-21-7-10(6-20)16(24-17)26-2)11-5-9-3-4-12(18)13(19)14(9)23-15(11)25/h3-5,7-8H,1-2H3,(H,23,25)(H,21,22,24)/t8-/m0/s1. The summed E-state index contributed by atoms with van der Waals surface area (Å²) in [5.41, 5.74) is 1.04. The van der Waals surface area contributed by atoms with Crippen LogP contribution in [0.5, 0.6) is 5.88 Å². The Bertz CT molecular complexity index is 1090. The van der Waals surface area contributed by atoms with Crippen molar-refractivity contribution < 1.29 is 4.74 Å². The van der Waals surface area contributed by atoms with Crippen LogP contribution in [0.4, 0.5) is 5.95 Å². The van der Waals surface area contributed by atoms with Crippen molar-refractivity contribution in [3.05, 3.63) is 55.4 Å². The number of halogens is 2. The van der Waals surface area contributed by atoms with Crippen molar-refractivity contribution in [2.45, 2.75) is 13.0 Å². The lowest BCUT2D eigenvalue weighted by molar-refractivity contribution is 0.396. The van der Waals surface area contributed by atoms with Gasteiger partial charge in [0.25, 0.3) is 5.56 Å². The van der Waals surface area contributed by atoms with Crippen LogP contribution in [0.2, 0.25) is 5.02 Å². The van der Waals surface area contributed by atoms with E-state index in [0.717, 1.165) is 5.39 Å². The van der Waals surface area contributed by atoms with E-state index in [0.29, 0.717) is 20.6 Å². The van der Waals surface area contributed by atoms with Gasteiger partial charge in [-0.1, -0.05) is 17.7 Å². The van der Waals surface area contributed by atoms with Gasteiger partial charge in [0.1, 0.15) is 11.6 Å². The number of hydrogen-bond donors (Lipinski definition) is 2. The first kappa shape index (κ1) is 18.2. The van der Waals surface area contributed by atoms with Gasteiger partial charge in [-0.2, -0.15) is 10.2 Å². The van der Waals surface area contributed by atoms with Gasteiger partial charge in [-0.15, -0.1) is 0 Å². The molecular formula is C17H13BrClN5O2. The molecule has 1 atom stereocenters. The molecule has 0 unspecified atom stereocenters. The Morgan fingerprint density at radius 3 is 2.92 bits per heavy atom. The van der Waals surface area contributed by atoms with Gasteiger partial charge in [0, 0.05) is 15.4 Å². The number of pyridine rings is 1. The molecule has 7 nitrogen and oxygen atoms in total. The third kappa shape index (κ3) is 3.36. The number of rotatable bonds is 4. The van der Waals surface area contributed by atoms with Crippen LogP contribution in [-0.4, -0.2) is 22.1 Å². The molecule has 0 saturated carbocycles. The van der Waals surface area contributed by atoms with Crippen molar-refractivity contribution in [3.8, 4) is 11.9 Å². The van der Waals surface area contributed by atoms with Crippen LogP contribution in [-0.2, 0) is 0 Å². The number of methoxy groups -OCH3 is 1. The first-order valence-electron chi connectivity index (χ1n) is 7.53. The number of aromatic amines is 1. The molecule has 2 heterocycles. The van der Waals surface area contributed by atoms with Crippen molar-refractivity contribution in [1.82, 2.24) is 15.0 Å². The molecule has 2 aromatic heterocycles. The molecule has 0 aliphatic heterocycles. The maximum atomic E-state index is 12.5. The molecule has 0 fully saturated rings. The van der Waals surface area contributed by atoms with Gasteiger partial charge < -0.3 is 15.0 Å². The highest BCUT2D eigenvalue weighted by Crippen LogP contribution is 2.30. The largest absolute Gasteiger partial charge is 0.480 e. The Kier molecular flexibility index (Phi) is 5.11. The molecule has 9 heteroatoms. The molecule has 0 aliphatic carbocycles. The quantitative estimate of drug-likeness (QED) is 0.647. The van der Waals surface area contributed by atoms with Crippen LogP contribution >= 0.6 is 27.5 Å². The summed E-state index contributed by atoms with van der Waals surface area (Å²) in [6.45, 7) is 1.81. The highest BCUT2D eigenvalue weighted by molar-refractivity contribution is 9.10. The van der Waals surface area contributed by atoms with Gasteiger partial charge in [0.05, 0.1) is 29.9 Å². The fourth-order valence-corrected chi connectivity index (χ4v) is 3.04. The Morgan fingerprint density at radius 1 is 1.46 bits per heavy atom. The normalized spacial score (nSPS) is 11.8. The van der Waals surface area contributed by atoms with Crippen molar-refractivity contribution in [3.63, 3.8) is 0 Å². The van der Waals surface area contributed by atoms with E-state index in [4.69, 9.17) is 21.6 Å². The average Bonchev–Trinajstić information content (AvgIpc) is 2.64. The first-order chi connectivity index (χ1) is 12.4. The molecular weight excluding hydrogens is 422 g/mol. The summed E-state index contributed by atoms with van der Waals surface area (Å²) < 4.78 is 5.78. The molecule has 3 aromatic rings. The third-order valence-corrected chi connectivity index (χ3v) is 5.10. The molecule has 1 aromatic carbocycles. The number of nitriles is 1. The van der Waals surface area contributed by atoms with Crippen LogP contribution in [0.25, 0.3) is 10.9 Å². The van der Waals surface area contributed by atoms with Gasteiger partial charge in [-0.25, -0.2) is 4.98 Å². The smallest absolute Gasteiger partial charge is 0.253 e. The number of ether oxygens (including phenoxy) is 1. The van der Waals surface area contributed by atoms with Gasteiger partial charge in [0.15, 0.2) is 0 Å². The fourth-order valence-electron chi connectivity index (χ4n) is 2.49. The van der Waals surface area contributed by atoms with E-state index in [-0.39, 0.29) is 29.0 Å². The predicted octanol–water partition coefficient (Wildman–Crippen LogP) is 3.79. The zero-order valence-corrected chi connectivity index (χ0v) is 16.1. The van der Waals surface area contributed by atoms with Crippen molar-refractivity contribution in [1.29, 1.82) is 5.26 Å². The summed E-state index contributed by atoms with van der Waals surface area (Å²) in [5, 5.41) is 13.3. The number of H-pyrrole nitrogens is 1. The van der Waals surface area contributed by atoms with Crippen LogP contribution in [0.15, 0.2) is 33.7 Å². The zero-order valence-electron chi connectivity index (χ0n) is 13.8. The number of hydrogen-bond acceptors (Lipinski definition) is 6. The second kappa shape index (κ2) is 7.32. The van der Waals surface area contributed by atoms with E-state index in [1.165, 1.54) is 13.3 Å². The van der Waals surface area contributed by atoms with Crippen molar-refractivity contribution >= 4 is 44.4 Å². The van der Waals surface area contributed by atoms with E-state index in [1.54, 1.807) is 6.07 Å². The number of aromatic nitrogens is 3. The first-order valence-corrected chi connectivity index (χ1v) is 8.70. The van der Waals surface area contributed by atoms with Gasteiger partial charge >= 0.3 is 0 Å². The number of nitrogens with one attached hydrogen (secondary N) is 2. The molecule has 3 rings (SSSR count). The topological polar surface area (TPSA) is 104 Å². The molecule has 0 bridgehead atoms. The summed E-state index contributed by atoms with van der Waals surface area (Å²) in [7, 11) is 1.42. The summed E-state index contributed by atoms with van der Waals surface area (Å²) in [5.74, 6) is 0.419. The lowest BCUT2D eigenvalue weighted by Gasteiger charge is -2.15. The van der Waals surface area contributed by atoms with E-state index in [1.807, 2.05) is 25.1 Å². The molecule has 0 saturated heterocycles. The molecule has 0 radical (unpaired) electrons. The minimum Gasteiger partial charge on any atom is -0.480 e. The van der Waals surface area contributed by atoms with E-state index in [9.17, 15) is 4.79 Å². The van der Waals surface area contributed by atoms with Crippen LogP contribution in [0.1, 0.15) is 24.1 Å². The van der Waals surface area contributed by atoms with Gasteiger partial charge in [-0.3, -0.25) is 4.79 Å². The summed E-state index contributed by atoms with van der Waals surface area (Å²) in [4.78, 5) is 23.5. The number of fused-ring (bicyclic) bond motifs is 1. The van der Waals surface area contributed by atoms with Gasteiger partial charge in [-0.05, 0) is 35.0 Å². The van der Waals surface area contributed by atoms with E-state index in [2.05, 4.69) is 36.2 Å². The Morgan fingerprint density at radius 2 is 2.23 bits per heavy atom. The van der Waals surface area contributed by atoms with Crippen LogP contribution < -0.4 is 15.6 Å². The lowest BCUT2D eigenvalue weighted by atomic mass is 10.1. The number of nitrogens with zero attached hydrogens (tertiary/aromatic N) is 3. The second-order valence-corrected chi connectivity index (χ2v) is 6.71. The molecule has 26 heavy (non-hydrogen) atoms. The van der Waals surface area contributed by atoms with Crippen molar-refractivity contribution in [2.75, 3.05) is 12.4 Å². The number of anilines is 1. The highest BCUT2D eigenvalue weighted by atomic mass is 79.9. The van der Waals surface area contributed by atoms with Crippen LogP contribution in [0, 0.1) is 11.3 Å². The maximum Gasteiger partial charge on any atom is 0.253 e. The van der Waals surface area contributed by atoms with Crippen molar-refractivity contribution in [2.24, 2.45) is 0 Å². The molecule has 132 valence electrons. The Hall–Kier alpha value is -2.63. The average molecular weight is 435 g/mol. The van der Waals surface area contributed by atoms with E-state index < -0.39 is 0 Å². The summed E-state index contributed by atoms with van der Waals surface area (Å²) >= 11 is 9.57.